The van der Waals surface area contributed by atoms with Gasteiger partial charge in [0.25, 0.3) is 0 Å². The van der Waals surface area contributed by atoms with Gasteiger partial charge in [0.15, 0.2) is 0 Å². The van der Waals surface area contributed by atoms with E-state index in [9.17, 15) is 0 Å². The van der Waals surface area contributed by atoms with Gasteiger partial charge in [-0.3, -0.25) is 4.99 Å². The second kappa shape index (κ2) is 10.8. The Labute approximate surface area is 218 Å². The second-order valence-corrected chi connectivity index (χ2v) is 10.2. The van der Waals surface area contributed by atoms with Crippen molar-refractivity contribution in [2.24, 2.45) is 20.4 Å². The molecule has 0 aromatic carbocycles. The molecule has 0 saturated heterocycles. The topological polar surface area (TPSA) is 62.1 Å². The number of H-pyrrole nitrogens is 1. The molecule has 0 aliphatic carbocycles. The average molecular weight is 461 g/mol. The molecular formula is C29H33LiN4O. The number of aliphatic imine (C=N–C) groups is 3. The minimum absolute atomic E-state index is 0.104. The molecule has 0 radical (unpaired) electrons. The summed E-state index contributed by atoms with van der Waals surface area (Å²) in [6.07, 6.45) is 20.1. The van der Waals surface area contributed by atoms with Crippen LogP contribution in [-0.2, 0) is 0 Å². The van der Waals surface area contributed by atoms with Crippen molar-refractivity contribution in [1.29, 1.82) is 0 Å². The Morgan fingerprint density at radius 1 is 0.943 bits per heavy atom. The number of nitrogens with zero attached hydrogens (tertiary/aromatic N) is 3. The number of allylic oxidation sites excluding steroid dienone is 9. The van der Waals surface area contributed by atoms with Crippen LogP contribution in [0.1, 0.15) is 50.4 Å². The van der Waals surface area contributed by atoms with Gasteiger partial charge in [0, 0.05) is 6.21 Å². The SMILES string of the molecule is [Li][CH2]CCCOc1[nH]c(C(=C2C=CC(C=C3C=CC(C=C4C=CC=N4)=N3)=N2)C(C)(C)C)c(C)c1C. The number of nitrogens with one attached hydrogen (secondary N) is 1. The van der Waals surface area contributed by atoms with Gasteiger partial charge < -0.3 is 0 Å². The zero-order chi connectivity index (χ0) is 25.0. The van der Waals surface area contributed by atoms with Crippen LogP contribution in [0.3, 0.4) is 0 Å². The fourth-order valence-electron chi connectivity index (χ4n) is 4.32. The summed E-state index contributed by atoms with van der Waals surface area (Å²) in [5, 5.41) is 1.19. The summed E-state index contributed by atoms with van der Waals surface area (Å²) in [6.45, 7) is 11.7. The van der Waals surface area contributed by atoms with Gasteiger partial charge in [0.1, 0.15) is 0 Å². The second-order valence-electron chi connectivity index (χ2n) is 10.2. The Morgan fingerprint density at radius 3 is 2.40 bits per heavy atom. The van der Waals surface area contributed by atoms with E-state index >= 15 is 0 Å². The van der Waals surface area contributed by atoms with Crippen molar-refractivity contribution in [1.82, 2.24) is 4.98 Å². The first kappa shape index (κ1) is 25.2. The predicted molar refractivity (Wildman–Crippen MR) is 149 cm³/mol. The number of unbranched alkanes of at least 4 members (excludes halogenated alkanes) is 1. The summed E-state index contributed by atoms with van der Waals surface area (Å²) in [6, 6.07) is 0. The molecule has 0 fully saturated rings. The number of hydrogen-bond acceptors (Lipinski definition) is 4. The zero-order valence-electron chi connectivity index (χ0n) is 21.8. The summed E-state index contributed by atoms with van der Waals surface area (Å²) >= 11 is 2.21. The molecule has 3 aliphatic rings. The van der Waals surface area contributed by atoms with Crippen molar-refractivity contribution in [3.05, 3.63) is 82.5 Å². The fourth-order valence-corrected chi connectivity index (χ4v) is 4.32. The third-order valence-corrected chi connectivity index (χ3v) is 6.28. The Hall–Kier alpha value is -2.87. The first-order valence-corrected chi connectivity index (χ1v) is 12.5. The summed E-state index contributed by atoms with van der Waals surface area (Å²) in [4.78, 5) is 17.5. The van der Waals surface area contributed by atoms with Crippen LogP contribution in [0.4, 0.5) is 0 Å². The van der Waals surface area contributed by atoms with Crippen LogP contribution in [-0.4, -0.2) is 46.9 Å². The molecule has 0 spiro atoms. The van der Waals surface area contributed by atoms with Crippen molar-refractivity contribution in [3.8, 4) is 5.88 Å². The van der Waals surface area contributed by atoms with Gasteiger partial charge in [-0.15, -0.1) is 0 Å². The van der Waals surface area contributed by atoms with E-state index in [1.54, 1.807) is 6.21 Å². The Balaban J connectivity index is 1.62. The Bertz CT molecular complexity index is 1260. The third kappa shape index (κ3) is 6.04. The molecule has 3 aliphatic heterocycles. The van der Waals surface area contributed by atoms with Crippen LogP contribution < -0.4 is 4.74 Å². The van der Waals surface area contributed by atoms with Gasteiger partial charge in [0.05, 0.1) is 17.1 Å². The van der Waals surface area contributed by atoms with E-state index in [0.717, 1.165) is 53.1 Å². The number of aromatic nitrogens is 1. The Kier molecular flexibility index (Phi) is 7.79. The van der Waals surface area contributed by atoms with Crippen molar-refractivity contribution < 1.29 is 4.74 Å². The van der Waals surface area contributed by atoms with Gasteiger partial charge in [-0.05, 0) is 36.5 Å². The summed E-state index contributed by atoms with van der Waals surface area (Å²) in [7, 11) is 0. The van der Waals surface area contributed by atoms with Crippen molar-refractivity contribution in [2.75, 3.05) is 6.61 Å². The number of ether oxygens (including phenoxy) is 1. The van der Waals surface area contributed by atoms with Gasteiger partial charge in [-0.2, -0.15) is 0 Å². The molecule has 1 aromatic rings. The van der Waals surface area contributed by atoms with E-state index < -0.39 is 0 Å². The molecule has 0 saturated carbocycles. The van der Waals surface area contributed by atoms with E-state index in [0.29, 0.717) is 0 Å². The quantitative estimate of drug-likeness (QED) is 0.346. The van der Waals surface area contributed by atoms with Gasteiger partial charge in [0.2, 0.25) is 0 Å². The maximum absolute atomic E-state index is 6.11. The molecule has 4 rings (SSSR count). The molecule has 0 bridgehead atoms. The van der Waals surface area contributed by atoms with Crippen LogP contribution >= 0.6 is 0 Å². The minimum atomic E-state index is -0.104. The summed E-state index contributed by atoms with van der Waals surface area (Å²) in [5.74, 6) is 0.873. The van der Waals surface area contributed by atoms with Gasteiger partial charge >= 0.3 is 149 Å². The van der Waals surface area contributed by atoms with E-state index in [1.165, 1.54) is 28.2 Å². The van der Waals surface area contributed by atoms with Crippen LogP contribution in [0.15, 0.2) is 80.7 Å². The monoisotopic (exact) mass is 460 g/mol. The van der Waals surface area contributed by atoms with Crippen molar-refractivity contribution >= 4 is 40.9 Å². The predicted octanol–water partition coefficient (Wildman–Crippen LogP) is 6.56. The molecule has 0 amide bonds. The molecule has 6 heteroatoms. The fraction of sp³-hybridized carbons (Fsp3) is 0.345. The number of aromatic amines is 1. The molecule has 0 atom stereocenters. The van der Waals surface area contributed by atoms with E-state index in [4.69, 9.17) is 14.7 Å². The first-order valence-electron chi connectivity index (χ1n) is 12.5. The molecule has 1 aromatic heterocycles. The van der Waals surface area contributed by atoms with Gasteiger partial charge in [-0.25, -0.2) is 4.99 Å². The first-order chi connectivity index (χ1) is 16.8. The van der Waals surface area contributed by atoms with Gasteiger partial charge in [-0.1, -0.05) is 0 Å². The molecular weight excluding hydrogens is 427 g/mol. The molecule has 1 N–H and O–H groups in total. The summed E-state index contributed by atoms with van der Waals surface area (Å²) < 4.78 is 6.11. The third-order valence-electron chi connectivity index (χ3n) is 6.28. The maximum atomic E-state index is 6.11. The van der Waals surface area contributed by atoms with E-state index in [2.05, 4.69) is 74.5 Å². The van der Waals surface area contributed by atoms with Crippen LogP contribution in [0, 0.1) is 19.3 Å². The summed E-state index contributed by atoms with van der Waals surface area (Å²) in [5.41, 5.74) is 9.15. The molecule has 176 valence electrons. The van der Waals surface area contributed by atoms with Crippen LogP contribution in [0.2, 0.25) is 5.09 Å². The standard InChI is InChI=1S/C29H33N4O.Li/c1-7-8-16-34-28-20(3)19(2)27(33-28)26(29(4,5)6)25-14-13-24(32-25)18-23-12-11-22(31-23)17-21-10-9-15-30-21;/h9-15,17-18,33H,1,7-8,16H2,2-6H3;. The number of hydrogen-bond donors (Lipinski definition) is 1. The van der Waals surface area contributed by atoms with E-state index in [1.807, 2.05) is 36.5 Å². The van der Waals surface area contributed by atoms with Crippen LogP contribution in [0.5, 0.6) is 5.88 Å². The average Bonchev–Trinajstić information content (AvgIpc) is 3.60. The molecule has 5 nitrogen and oxygen atoms in total. The number of rotatable bonds is 8. The van der Waals surface area contributed by atoms with Crippen molar-refractivity contribution in [2.45, 2.75) is 52.6 Å². The van der Waals surface area contributed by atoms with Crippen LogP contribution in [0.25, 0.3) is 5.57 Å². The zero-order valence-corrected chi connectivity index (χ0v) is 21.8. The molecule has 35 heavy (non-hydrogen) atoms. The van der Waals surface area contributed by atoms with E-state index in [-0.39, 0.29) is 5.41 Å². The Morgan fingerprint density at radius 2 is 1.69 bits per heavy atom. The molecule has 4 heterocycles. The molecule has 0 unspecified atom stereocenters. The normalized spacial score (nSPS) is 20.5. The van der Waals surface area contributed by atoms with Crippen molar-refractivity contribution in [3.63, 3.8) is 0 Å².